The molecule has 14 heavy (non-hydrogen) atoms. The molecule has 0 aromatic rings. The average Bonchev–Trinajstić information content (AvgIpc) is 2.19. The second kappa shape index (κ2) is 3.76. The molecule has 0 aromatic heterocycles. The monoisotopic (exact) mass is 188 g/mol. The first-order valence-electron chi connectivity index (χ1n) is 5.78. The summed E-state index contributed by atoms with van der Waals surface area (Å²) in [5.41, 5.74) is 3.25. The van der Waals surface area contributed by atoms with Crippen molar-refractivity contribution in [1.82, 2.24) is 0 Å². The Balaban J connectivity index is 2.17. The van der Waals surface area contributed by atoms with Gasteiger partial charge in [0.05, 0.1) is 0 Å². The third kappa shape index (κ3) is 1.84. The van der Waals surface area contributed by atoms with Gasteiger partial charge in [-0.05, 0) is 32.3 Å². The van der Waals surface area contributed by atoms with Crippen LogP contribution in [0.25, 0.3) is 0 Å². The molecule has 76 valence electrons. The standard InChI is InChI=1S/C14H20/c1-12(2)13-6-10-14(11-7-13)8-4-3-5-9-14/h6-7,10-11H,3-5,8-9H2,1-2H3. The second-order valence-corrected chi connectivity index (χ2v) is 4.92. The van der Waals surface area contributed by atoms with Crippen LogP contribution in [0.1, 0.15) is 46.0 Å². The number of hydrogen-bond acceptors (Lipinski definition) is 0. The molecule has 1 saturated carbocycles. The van der Waals surface area contributed by atoms with Crippen molar-refractivity contribution >= 4 is 0 Å². The Labute approximate surface area is 87.4 Å². The molecule has 0 nitrogen and oxygen atoms in total. The highest BCUT2D eigenvalue weighted by molar-refractivity contribution is 5.41. The van der Waals surface area contributed by atoms with Crippen LogP contribution in [0.2, 0.25) is 0 Å². The van der Waals surface area contributed by atoms with Crippen LogP contribution in [0, 0.1) is 5.41 Å². The van der Waals surface area contributed by atoms with Crippen molar-refractivity contribution in [2.75, 3.05) is 0 Å². The van der Waals surface area contributed by atoms with E-state index >= 15 is 0 Å². The number of allylic oxidation sites excluding steroid dienone is 6. The van der Waals surface area contributed by atoms with E-state index in [-0.39, 0.29) is 0 Å². The minimum Gasteiger partial charge on any atom is -0.0739 e. The second-order valence-electron chi connectivity index (χ2n) is 4.92. The maximum Gasteiger partial charge on any atom is 0.00676 e. The van der Waals surface area contributed by atoms with Gasteiger partial charge in [-0.3, -0.25) is 0 Å². The van der Waals surface area contributed by atoms with Gasteiger partial charge in [0.1, 0.15) is 0 Å². The van der Waals surface area contributed by atoms with E-state index in [1.54, 1.807) is 0 Å². The predicted octanol–water partition coefficient (Wildman–Crippen LogP) is 4.40. The summed E-state index contributed by atoms with van der Waals surface area (Å²) in [5, 5.41) is 0. The van der Waals surface area contributed by atoms with Crippen molar-refractivity contribution in [3.05, 3.63) is 35.5 Å². The molecule has 0 saturated heterocycles. The lowest BCUT2D eigenvalue weighted by molar-refractivity contribution is 0.324. The third-order valence-electron chi connectivity index (χ3n) is 3.55. The van der Waals surface area contributed by atoms with Gasteiger partial charge in [-0.2, -0.15) is 0 Å². The fourth-order valence-electron chi connectivity index (χ4n) is 2.50. The van der Waals surface area contributed by atoms with Gasteiger partial charge in [-0.1, -0.05) is 49.1 Å². The van der Waals surface area contributed by atoms with Gasteiger partial charge in [0.25, 0.3) is 0 Å². The van der Waals surface area contributed by atoms with Gasteiger partial charge >= 0.3 is 0 Å². The van der Waals surface area contributed by atoms with Crippen molar-refractivity contribution in [1.29, 1.82) is 0 Å². The van der Waals surface area contributed by atoms with E-state index in [0.717, 1.165) is 0 Å². The van der Waals surface area contributed by atoms with Crippen LogP contribution in [-0.2, 0) is 0 Å². The van der Waals surface area contributed by atoms with Crippen LogP contribution in [0.5, 0.6) is 0 Å². The SMILES string of the molecule is CC(C)=C1C=CC2(C=C1)CCCCC2. The summed E-state index contributed by atoms with van der Waals surface area (Å²) in [6.45, 7) is 4.37. The number of hydrogen-bond donors (Lipinski definition) is 0. The van der Waals surface area contributed by atoms with Crippen molar-refractivity contribution in [2.24, 2.45) is 5.41 Å². The molecular weight excluding hydrogens is 168 g/mol. The fourth-order valence-corrected chi connectivity index (χ4v) is 2.50. The molecule has 0 bridgehead atoms. The Hall–Kier alpha value is -0.780. The first-order chi connectivity index (χ1) is 6.72. The minimum atomic E-state index is 0.428. The molecule has 0 N–H and O–H groups in total. The zero-order valence-corrected chi connectivity index (χ0v) is 9.34. The summed E-state index contributed by atoms with van der Waals surface area (Å²) in [4.78, 5) is 0. The molecule has 2 aliphatic carbocycles. The van der Waals surface area contributed by atoms with Crippen LogP contribution < -0.4 is 0 Å². The maximum absolute atomic E-state index is 2.44. The largest absolute Gasteiger partial charge is 0.0739 e. The van der Waals surface area contributed by atoms with E-state index in [9.17, 15) is 0 Å². The smallest absolute Gasteiger partial charge is 0.00676 e. The van der Waals surface area contributed by atoms with E-state index in [0.29, 0.717) is 5.41 Å². The zero-order valence-electron chi connectivity index (χ0n) is 9.34. The van der Waals surface area contributed by atoms with Crippen molar-refractivity contribution in [3.8, 4) is 0 Å². The zero-order chi connectivity index (χ0) is 10.0. The molecule has 1 fully saturated rings. The molecule has 0 radical (unpaired) electrons. The molecule has 0 aliphatic heterocycles. The maximum atomic E-state index is 2.44. The molecule has 0 atom stereocenters. The summed E-state index contributed by atoms with van der Waals surface area (Å²) in [6, 6.07) is 0. The Bertz CT molecular complexity index is 274. The van der Waals surface area contributed by atoms with E-state index in [2.05, 4.69) is 38.2 Å². The molecule has 0 unspecified atom stereocenters. The molecule has 0 heteroatoms. The van der Waals surface area contributed by atoms with Crippen LogP contribution in [0.4, 0.5) is 0 Å². The summed E-state index contributed by atoms with van der Waals surface area (Å²) >= 11 is 0. The lowest BCUT2D eigenvalue weighted by atomic mass is 9.71. The number of rotatable bonds is 0. The van der Waals surface area contributed by atoms with Crippen LogP contribution in [0.15, 0.2) is 35.5 Å². The van der Waals surface area contributed by atoms with Crippen LogP contribution >= 0.6 is 0 Å². The highest BCUT2D eigenvalue weighted by atomic mass is 14.3. The lowest BCUT2D eigenvalue weighted by Gasteiger charge is -2.33. The summed E-state index contributed by atoms with van der Waals surface area (Å²) in [7, 11) is 0. The van der Waals surface area contributed by atoms with Crippen molar-refractivity contribution in [2.45, 2.75) is 46.0 Å². The van der Waals surface area contributed by atoms with Crippen molar-refractivity contribution < 1.29 is 0 Å². The Morgan fingerprint density at radius 1 is 1.00 bits per heavy atom. The van der Waals surface area contributed by atoms with Gasteiger partial charge in [0.2, 0.25) is 0 Å². The highest BCUT2D eigenvalue weighted by Gasteiger charge is 2.27. The summed E-state index contributed by atoms with van der Waals surface area (Å²) in [5.74, 6) is 0. The molecular formula is C14H20. The average molecular weight is 188 g/mol. The van der Waals surface area contributed by atoms with E-state index in [1.165, 1.54) is 43.3 Å². The topological polar surface area (TPSA) is 0 Å². The highest BCUT2D eigenvalue weighted by Crippen LogP contribution is 2.41. The van der Waals surface area contributed by atoms with Crippen LogP contribution in [0.3, 0.4) is 0 Å². The molecule has 0 amide bonds. The Kier molecular flexibility index (Phi) is 2.62. The Morgan fingerprint density at radius 3 is 2.07 bits per heavy atom. The summed E-state index contributed by atoms with van der Waals surface area (Å²) in [6.07, 6.45) is 16.5. The quantitative estimate of drug-likeness (QED) is 0.528. The van der Waals surface area contributed by atoms with Gasteiger partial charge in [-0.15, -0.1) is 0 Å². The molecule has 0 aromatic carbocycles. The Morgan fingerprint density at radius 2 is 1.57 bits per heavy atom. The van der Waals surface area contributed by atoms with Gasteiger partial charge in [0.15, 0.2) is 0 Å². The van der Waals surface area contributed by atoms with E-state index in [4.69, 9.17) is 0 Å². The third-order valence-corrected chi connectivity index (χ3v) is 3.55. The minimum absolute atomic E-state index is 0.428. The molecule has 2 rings (SSSR count). The normalized spacial score (nSPS) is 24.3. The van der Waals surface area contributed by atoms with E-state index in [1.807, 2.05) is 0 Å². The van der Waals surface area contributed by atoms with E-state index < -0.39 is 0 Å². The van der Waals surface area contributed by atoms with Crippen LogP contribution in [-0.4, -0.2) is 0 Å². The van der Waals surface area contributed by atoms with Gasteiger partial charge in [0, 0.05) is 5.41 Å². The molecule has 0 heterocycles. The lowest BCUT2D eigenvalue weighted by Crippen LogP contribution is -2.20. The molecule has 1 spiro atoms. The van der Waals surface area contributed by atoms with Gasteiger partial charge < -0.3 is 0 Å². The predicted molar refractivity (Wildman–Crippen MR) is 62.2 cm³/mol. The first kappa shape index (κ1) is 9.76. The summed E-state index contributed by atoms with van der Waals surface area (Å²) < 4.78 is 0. The first-order valence-corrected chi connectivity index (χ1v) is 5.78. The van der Waals surface area contributed by atoms with Gasteiger partial charge in [-0.25, -0.2) is 0 Å². The molecule has 2 aliphatic rings. The fraction of sp³-hybridized carbons (Fsp3) is 0.571. The van der Waals surface area contributed by atoms with Crippen molar-refractivity contribution in [3.63, 3.8) is 0 Å².